The van der Waals surface area contributed by atoms with Crippen LogP contribution < -0.4 is 4.74 Å². The summed E-state index contributed by atoms with van der Waals surface area (Å²) in [6.07, 6.45) is 4.46. The summed E-state index contributed by atoms with van der Waals surface area (Å²) in [5.41, 5.74) is 1.24. The smallest absolute Gasteiger partial charge is 0.213 e. The molecule has 0 bridgehead atoms. The molecule has 0 spiro atoms. The second kappa shape index (κ2) is 5.93. The maximum absolute atomic E-state index is 11.5. The average Bonchev–Trinajstić information content (AvgIpc) is 2.37. The van der Waals surface area contributed by atoms with Gasteiger partial charge in [-0.05, 0) is 29.9 Å². The minimum Gasteiger partial charge on any atom is -0.474 e. The highest BCUT2D eigenvalue weighted by Gasteiger charge is 2.26. The van der Waals surface area contributed by atoms with Crippen molar-refractivity contribution in [2.45, 2.75) is 45.1 Å². The van der Waals surface area contributed by atoms with E-state index in [0.717, 1.165) is 0 Å². The first-order valence-electron chi connectivity index (χ1n) is 7.24. The molecule has 0 N–H and O–H groups in total. The van der Waals surface area contributed by atoms with Crippen LogP contribution in [0.3, 0.4) is 0 Å². The van der Waals surface area contributed by atoms with Crippen molar-refractivity contribution in [3.63, 3.8) is 0 Å². The van der Waals surface area contributed by atoms with E-state index in [9.17, 15) is 8.42 Å². The molecular weight excluding hydrogens is 288 g/mol. The molecule has 0 saturated carbocycles. The van der Waals surface area contributed by atoms with Crippen molar-refractivity contribution in [3.05, 3.63) is 23.9 Å². The fourth-order valence-electron chi connectivity index (χ4n) is 2.39. The van der Waals surface area contributed by atoms with Gasteiger partial charge < -0.3 is 4.74 Å². The highest BCUT2D eigenvalue weighted by Crippen LogP contribution is 2.25. The third-order valence-corrected chi connectivity index (χ3v) is 5.06. The maximum atomic E-state index is 11.5. The van der Waals surface area contributed by atoms with Crippen molar-refractivity contribution in [1.82, 2.24) is 9.29 Å². The number of pyridine rings is 1. The number of aromatic nitrogens is 1. The van der Waals surface area contributed by atoms with Gasteiger partial charge >= 0.3 is 0 Å². The van der Waals surface area contributed by atoms with Gasteiger partial charge in [0.15, 0.2) is 0 Å². The number of hydrogen-bond acceptors (Lipinski definition) is 4. The molecule has 1 aromatic heterocycles. The van der Waals surface area contributed by atoms with Crippen molar-refractivity contribution in [2.24, 2.45) is 0 Å². The van der Waals surface area contributed by atoms with Crippen LogP contribution in [0.1, 0.15) is 39.2 Å². The quantitative estimate of drug-likeness (QED) is 0.858. The van der Waals surface area contributed by atoms with E-state index in [0.29, 0.717) is 31.8 Å². The molecule has 118 valence electrons. The summed E-state index contributed by atoms with van der Waals surface area (Å²) in [6, 6.07) is 3.97. The summed E-state index contributed by atoms with van der Waals surface area (Å²) in [6.45, 7) is 7.48. The SMILES string of the molecule is CC(C)(C)c1ccnc(OC2CCN(S(C)(=O)=O)CC2)c1. The molecule has 0 aliphatic carbocycles. The van der Waals surface area contributed by atoms with Gasteiger partial charge in [0.25, 0.3) is 0 Å². The standard InChI is InChI=1S/C15H24N2O3S/c1-15(2,3)12-5-8-16-14(11-12)20-13-6-9-17(10-7-13)21(4,18)19/h5,8,11,13H,6-7,9-10H2,1-4H3. The first kappa shape index (κ1) is 16.2. The minimum absolute atomic E-state index is 0.0331. The molecule has 6 heteroatoms. The summed E-state index contributed by atoms with van der Waals surface area (Å²) < 4.78 is 30.4. The lowest BCUT2D eigenvalue weighted by Crippen LogP contribution is -2.41. The van der Waals surface area contributed by atoms with Gasteiger partial charge in [-0.25, -0.2) is 17.7 Å². The number of rotatable bonds is 3. The molecule has 0 amide bonds. The highest BCUT2D eigenvalue weighted by atomic mass is 32.2. The Morgan fingerprint density at radius 2 is 1.90 bits per heavy atom. The van der Waals surface area contributed by atoms with Gasteiger partial charge in [0.2, 0.25) is 15.9 Å². The second-order valence-electron chi connectivity index (χ2n) is 6.61. The molecule has 0 radical (unpaired) electrons. The van der Waals surface area contributed by atoms with Gasteiger partial charge in [-0.15, -0.1) is 0 Å². The summed E-state index contributed by atoms with van der Waals surface area (Å²) >= 11 is 0. The third kappa shape index (κ3) is 4.41. The Morgan fingerprint density at radius 3 is 2.43 bits per heavy atom. The van der Waals surface area contributed by atoms with Crippen LogP contribution in [0.2, 0.25) is 0 Å². The average molecular weight is 312 g/mol. The van der Waals surface area contributed by atoms with Crippen LogP contribution in [-0.4, -0.2) is 43.2 Å². The molecule has 1 aromatic rings. The predicted octanol–water partition coefficient (Wildman–Crippen LogP) is 2.18. The minimum atomic E-state index is -3.09. The van der Waals surface area contributed by atoms with E-state index in [1.165, 1.54) is 16.1 Å². The van der Waals surface area contributed by atoms with E-state index in [1.807, 2.05) is 12.1 Å². The normalized spacial score (nSPS) is 18.7. The Morgan fingerprint density at radius 1 is 1.29 bits per heavy atom. The predicted molar refractivity (Wildman–Crippen MR) is 83.0 cm³/mol. The van der Waals surface area contributed by atoms with E-state index < -0.39 is 10.0 Å². The molecule has 2 rings (SSSR count). The van der Waals surface area contributed by atoms with Gasteiger partial charge in [0.05, 0.1) is 6.26 Å². The first-order chi connectivity index (χ1) is 9.66. The summed E-state index contributed by atoms with van der Waals surface area (Å²) in [5, 5.41) is 0. The van der Waals surface area contributed by atoms with Gasteiger partial charge in [0.1, 0.15) is 6.10 Å². The lowest BCUT2D eigenvalue weighted by molar-refractivity contribution is 0.130. The fourth-order valence-corrected chi connectivity index (χ4v) is 3.27. The zero-order chi connectivity index (χ0) is 15.7. The molecule has 1 saturated heterocycles. The first-order valence-corrected chi connectivity index (χ1v) is 9.09. The maximum Gasteiger partial charge on any atom is 0.213 e. The third-order valence-electron chi connectivity index (χ3n) is 3.76. The monoisotopic (exact) mass is 312 g/mol. The molecule has 1 fully saturated rings. The van der Waals surface area contributed by atoms with Gasteiger partial charge in [-0.3, -0.25) is 0 Å². The molecule has 0 unspecified atom stereocenters. The molecule has 1 aliphatic rings. The van der Waals surface area contributed by atoms with E-state index in [1.54, 1.807) is 6.20 Å². The molecule has 0 aromatic carbocycles. The van der Waals surface area contributed by atoms with Crippen molar-refractivity contribution < 1.29 is 13.2 Å². The number of nitrogens with zero attached hydrogens (tertiary/aromatic N) is 2. The molecule has 2 heterocycles. The van der Waals surface area contributed by atoms with Crippen LogP contribution in [0, 0.1) is 0 Å². The van der Waals surface area contributed by atoms with Crippen LogP contribution in [0.5, 0.6) is 5.88 Å². The van der Waals surface area contributed by atoms with Crippen LogP contribution in [-0.2, 0) is 15.4 Å². The van der Waals surface area contributed by atoms with E-state index in [-0.39, 0.29) is 11.5 Å². The number of sulfonamides is 1. The van der Waals surface area contributed by atoms with Crippen molar-refractivity contribution in [1.29, 1.82) is 0 Å². The van der Waals surface area contributed by atoms with Crippen LogP contribution >= 0.6 is 0 Å². The Labute approximate surface area is 127 Å². The van der Waals surface area contributed by atoms with Gasteiger partial charge in [-0.1, -0.05) is 20.8 Å². The largest absolute Gasteiger partial charge is 0.474 e. The second-order valence-corrected chi connectivity index (χ2v) is 8.59. The topological polar surface area (TPSA) is 59.5 Å². The lowest BCUT2D eigenvalue weighted by atomic mass is 9.88. The van der Waals surface area contributed by atoms with Crippen LogP contribution in [0.4, 0.5) is 0 Å². The summed E-state index contributed by atoms with van der Waals surface area (Å²) in [5.74, 6) is 0.625. The summed E-state index contributed by atoms with van der Waals surface area (Å²) in [7, 11) is -3.09. The Kier molecular flexibility index (Phi) is 4.58. The van der Waals surface area contributed by atoms with E-state index in [4.69, 9.17) is 4.74 Å². The highest BCUT2D eigenvalue weighted by molar-refractivity contribution is 7.88. The molecule has 5 nitrogen and oxygen atoms in total. The number of ether oxygens (including phenoxy) is 1. The Balaban J connectivity index is 1.98. The zero-order valence-corrected chi connectivity index (χ0v) is 14.0. The molecular formula is C15H24N2O3S. The molecule has 21 heavy (non-hydrogen) atoms. The van der Waals surface area contributed by atoms with Crippen molar-refractivity contribution >= 4 is 10.0 Å². The molecule has 0 atom stereocenters. The zero-order valence-electron chi connectivity index (χ0n) is 13.2. The van der Waals surface area contributed by atoms with Gasteiger partial charge in [-0.2, -0.15) is 0 Å². The van der Waals surface area contributed by atoms with E-state index >= 15 is 0 Å². The van der Waals surface area contributed by atoms with Gasteiger partial charge in [0, 0.05) is 25.4 Å². The Hall–Kier alpha value is -1.14. The van der Waals surface area contributed by atoms with E-state index in [2.05, 4.69) is 25.8 Å². The fraction of sp³-hybridized carbons (Fsp3) is 0.667. The Bertz CT molecular complexity index is 585. The van der Waals surface area contributed by atoms with Crippen LogP contribution in [0.25, 0.3) is 0 Å². The lowest BCUT2D eigenvalue weighted by Gasteiger charge is -2.30. The number of hydrogen-bond donors (Lipinski definition) is 0. The van der Waals surface area contributed by atoms with Crippen LogP contribution in [0.15, 0.2) is 18.3 Å². The number of piperidine rings is 1. The summed E-state index contributed by atoms with van der Waals surface area (Å²) in [4.78, 5) is 4.26. The van der Waals surface area contributed by atoms with Crippen molar-refractivity contribution in [2.75, 3.05) is 19.3 Å². The molecule has 1 aliphatic heterocycles. The van der Waals surface area contributed by atoms with Crippen molar-refractivity contribution in [3.8, 4) is 5.88 Å².